The number of amides is 3. The summed E-state index contributed by atoms with van der Waals surface area (Å²) in [4.78, 5) is 44.3. The van der Waals surface area contributed by atoms with Crippen molar-refractivity contribution in [2.24, 2.45) is 0 Å². The zero-order valence-electron chi connectivity index (χ0n) is 19.8. The highest BCUT2D eigenvalue weighted by Gasteiger charge is 2.39. The molecule has 3 heterocycles. The normalized spacial score (nSPS) is 19.1. The third kappa shape index (κ3) is 5.21. The van der Waals surface area contributed by atoms with E-state index in [1.165, 1.54) is 6.26 Å². The lowest BCUT2D eigenvalue weighted by molar-refractivity contribution is -0.139. The third-order valence-electron chi connectivity index (χ3n) is 6.23. The van der Waals surface area contributed by atoms with Crippen LogP contribution in [0.4, 0.5) is 4.79 Å². The van der Waals surface area contributed by atoms with E-state index in [0.717, 1.165) is 0 Å². The van der Waals surface area contributed by atoms with Crippen LogP contribution in [0.15, 0.2) is 58.3 Å². The van der Waals surface area contributed by atoms with Gasteiger partial charge in [-0.25, -0.2) is 9.59 Å². The monoisotopic (exact) mass is 500 g/mol. The Balaban J connectivity index is 1.62. The Kier molecular flexibility index (Phi) is 7.77. The lowest BCUT2D eigenvalue weighted by atomic mass is 9.94. The molecule has 1 aromatic carbocycles. The Hall–Kier alpha value is -3.30. The highest BCUT2D eigenvalue weighted by Crippen LogP contribution is 2.35. The van der Waals surface area contributed by atoms with E-state index in [-0.39, 0.29) is 18.5 Å². The van der Waals surface area contributed by atoms with Gasteiger partial charge in [-0.15, -0.1) is 0 Å². The SMILES string of the molecule is CCOC(=O)C1=C(CN2CCN(C(=O)c3ccco3)CC2)N(CC)C(=O)NC1c1ccccc1Cl. The summed E-state index contributed by atoms with van der Waals surface area (Å²) < 4.78 is 10.6. The van der Waals surface area contributed by atoms with Crippen LogP contribution in [-0.4, -0.2) is 78.5 Å². The Morgan fingerprint density at radius 3 is 2.49 bits per heavy atom. The number of carbonyl (C=O) groups excluding carboxylic acids is 3. The molecule has 1 N–H and O–H groups in total. The zero-order chi connectivity index (χ0) is 24.9. The molecule has 2 aliphatic rings. The largest absolute Gasteiger partial charge is 0.463 e. The number of halogens is 1. The molecule has 0 radical (unpaired) electrons. The number of ether oxygens (including phenoxy) is 1. The molecule has 0 saturated carbocycles. The van der Waals surface area contributed by atoms with Crippen molar-refractivity contribution in [1.29, 1.82) is 0 Å². The molecule has 1 saturated heterocycles. The second-order valence-corrected chi connectivity index (χ2v) is 8.68. The second-order valence-electron chi connectivity index (χ2n) is 8.27. The minimum atomic E-state index is -0.727. The van der Waals surface area contributed by atoms with Crippen molar-refractivity contribution in [3.63, 3.8) is 0 Å². The molecule has 0 bridgehead atoms. The molecule has 10 heteroatoms. The molecule has 1 unspecified atom stereocenters. The molecule has 9 nitrogen and oxygen atoms in total. The van der Waals surface area contributed by atoms with Crippen molar-refractivity contribution in [3.05, 3.63) is 70.3 Å². The van der Waals surface area contributed by atoms with E-state index < -0.39 is 12.0 Å². The highest BCUT2D eigenvalue weighted by atomic mass is 35.5. The second kappa shape index (κ2) is 11.0. The van der Waals surface area contributed by atoms with Crippen molar-refractivity contribution in [2.75, 3.05) is 45.9 Å². The van der Waals surface area contributed by atoms with E-state index in [1.807, 2.05) is 13.0 Å². The third-order valence-corrected chi connectivity index (χ3v) is 6.58. The number of hydrogen-bond donors (Lipinski definition) is 1. The lowest BCUT2D eigenvalue weighted by Crippen LogP contribution is -2.53. The van der Waals surface area contributed by atoms with E-state index in [4.69, 9.17) is 20.8 Å². The van der Waals surface area contributed by atoms with Gasteiger partial charge in [0.1, 0.15) is 0 Å². The number of piperazine rings is 1. The van der Waals surface area contributed by atoms with Gasteiger partial charge in [0.2, 0.25) is 0 Å². The average molecular weight is 501 g/mol. The maximum atomic E-state index is 13.2. The first-order valence-corrected chi connectivity index (χ1v) is 12.1. The first-order chi connectivity index (χ1) is 16.9. The van der Waals surface area contributed by atoms with Crippen LogP contribution in [0.1, 0.15) is 36.0 Å². The standard InChI is InChI=1S/C25H29ClN4O5/c1-3-30-19(16-28-11-13-29(14-12-28)23(31)20-10-7-15-35-20)21(24(32)34-4-2)22(27-25(30)33)17-8-5-6-9-18(17)26/h5-10,15,22H,3-4,11-14,16H2,1-2H3,(H,27,33). The number of urea groups is 1. The molecule has 2 aliphatic heterocycles. The quantitative estimate of drug-likeness (QED) is 0.586. The van der Waals surface area contributed by atoms with Gasteiger partial charge in [-0.3, -0.25) is 14.6 Å². The smallest absolute Gasteiger partial charge is 0.338 e. The first kappa shape index (κ1) is 24.8. The number of benzene rings is 1. The summed E-state index contributed by atoms with van der Waals surface area (Å²) in [6.45, 7) is 6.74. The number of likely N-dealkylation sites (N-methyl/N-ethyl adjacent to an activating group) is 1. The number of esters is 1. The van der Waals surface area contributed by atoms with Crippen molar-refractivity contribution >= 4 is 29.5 Å². The summed E-state index contributed by atoms with van der Waals surface area (Å²) in [6, 6.07) is 9.46. The van der Waals surface area contributed by atoms with Crippen LogP contribution >= 0.6 is 11.6 Å². The molecule has 186 valence electrons. The van der Waals surface area contributed by atoms with Crippen molar-refractivity contribution < 1.29 is 23.5 Å². The average Bonchev–Trinajstić information content (AvgIpc) is 3.39. The van der Waals surface area contributed by atoms with Crippen LogP contribution in [0.2, 0.25) is 5.02 Å². The number of nitrogens with zero attached hydrogens (tertiary/aromatic N) is 3. The minimum Gasteiger partial charge on any atom is -0.463 e. The van der Waals surface area contributed by atoms with Crippen LogP contribution in [0.3, 0.4) is 0 Å². The predicted molar refractivity (Wildman–Crippen MR) is 130 cm³/mol. The summed E-state index contributed by atoms with van der Waals surface area (Å²) in [7, 11) is 0. The van der Waals surface area contributed by atoms with Crippen LogP contribution in [0.5, 0.6) is 0 Å². The Morgan fingerprint density at radius 2 is 1.86 bits per heavy atom. The molecule has 1 fully saturated rings. The fourth-order valence-electron chi connectivity index (χ4n) is 4.48. The predicted octanol–water partition coefficient (Wildman–Crippen LogP) is 3.29. The molecule has 35 heavy (non-hydrogen) atoms. The fourth-order valence-corrected chi connectivity index (χ4v) is 4.72. The Bertz CT molecular complexity index is 1110. The maximum absolute atomic E-state index is 13.2. The molecule has 2 aromatic rings. The zero-order valence-corrected chi connectivity index (χ0v) is 20.6. The summed E-state index contributed by atoms with van der Waals surface area (Å²) in [5.41, 5.74) is 1.59. The molecule has 3 amide bonds. The minimum absolute atomic E-state index is 0.146. The topological polar surface area (TPSA) is 95.3 Å². The fraction of sp³-hybridized carbons (Fsp3) is 0.400. The van der Waals surface area contributed by atoms with E-state index in [0.29, 0.717) is 66.9 Å². The van der Waals surface area contributed by atoms with E-state index >= 15 is 0 Å². The van der Waals surface area contributed by atoms with E-state index in [1.54, 1.807) is 47.1 Å². The summed E-state index contributed by atoms with van der Waals surface area (Å²) in [5.74, 6) is -0.320. The van der Waals surface area contributed by atoms with Crippen molar-refractivity contribution in [2.45, 2.75) is 19.9 Å². The van der Waals surface area contributed by atoms with Crippen LogP contribution in [0, 0.1) is 0 Å². The molecular formula is C25H29ClN4O5. The van der Waals surface area contributed by atoms with Gasteiger partial charge in [0, 0.05) is 50.0 Å². The molecule has 0 spiro atoms. The number of nitrogens with one attached hydrogen (secondary N) is 1. The van der Waals surface area contributed by atoms with Gasteiger partial charge < -0.3 is 19.4 Å². The number of furan rings is 1. The summed E-state index contributed by atoms with van der Waals surface area (Å²) in [5, 5.41) is 3.38. The Labute approximate surface area is 209 Å². The van der Waals surface area contributed by atoms with Gasteiger partial charge in [-0.05, 0) is 37.6 Å². The van der Waals surface area contributed by atoms with Crippen molar-refractivity contribution in [3.8, 4) is 0 Å². The van der Waals surface area contributed by atoms with Gasteiger partial charge in [0.25, 0.3) is 5.91 Å². The molecular weight excluding hydrogens is 472 g/mol. The molecule has 0 aliphatic carbocycles. The molecule has 1 aromatic heterocycles. The van der Waals surface area contributed by atoms with Gasteiger partial charge in [-0.2, -0.15) is 0 Å². The Morgan fingerprint density at radius 1 is 1.11 bits per heavy atom. The summed E-state index contributed by atoms with van der Waals surface area (Å²) in [6.07, 6.45) is 1.48. The number of rotatable bonds is 7. The van der Waals surface area contributed by atoms with Crippen LogP contribution < -0.4 is 5.32 Å². The van der Waals surface area contributed by atoms with Crippen LogP contribution in [-0.2, 0) is 9.53 Å². The van der Waals surface area contributed by atoms with Gasteiger partial charge in [0.15, 0.2) is 5.76 Å². The summed E-state index contributed by atoms with van der Waals surface area (Å²) >= 11 is 6.46. The van der Waals surface area contributed by atoms with Crippen LogP contribution in [0.25, 0.3) is 0 Å². The van der Waals surface area contributed by atoms with E-state index in [9.17, 15) is 14.4 Å². The maximum Gasteiger partial charge on any atom is 0.338 e. The molecule has 1 atom stereocenters. The highest BCUT2D eigenvalue weighted by molar-refractivity contribution is 6.31. The molecule has 4 rings (SSSR count). The van der Waals surface area contributed by atoms with Gasteiger partial charge in [0.05, 0.1) is 24.5 Å². The van der Waals surface area contributed by atoms with Gasteiger partial charge >= 0.3 is 12.0 Å². The number of carbonyl (C=O) groups is 3. The van der Waals surface area contributed by atoms with E-state index in [2.05, 4.69) is 10.2 Å². The van der Waals surface area contributed by atoms with Crippen molar-refractivity contribution in [1.82, 2.24) is 20.0 Å². The lowest BCUT2D eigenvalue weighted by Gasteiger charge is -2.40. The number of hydrogen-bond acceptors (Lipinski definition) is 6. The first-order valence-electron chi connectivity index (χ1n) is 11.7. The van der Waals surface area contributed by atoms with Gasteiger partial charge in [-0.1, -0.05) is 29.8 Å².